The number of amides is 1. The third-order valence-corrected chi connectivity index (χ3v) is 5.04. The number of piperazine rings is 1. The van der Waals surface area contributed by atoms with Crippen LogP contribution in [0.2, 0.25) is 0 Å². The summed E-state index contributed by atoms with van der Waals surface area (Å²) in [4.78, 5) is 16.7. The van der Waals surface area contributed by atoms with Crippen LogP contribution in [0, 0.1) is 5.82 Å². The number of carbonyl (C=O) groups excluding carboxylic acids is 1. The monoisotopic (exact) mass is 351 g/mol. The Labute approximate surface area is 147 Å². The Hall–Kier alpha value is -1.70. The topological polar surface area (TPSA) is 54.0 Å². The molecular formula is C18H26FN3O3. The maximum atomic E-state index is 13.5. The van der Waals surface area contributed by atoms with Gasteiger partial charge in [-0.25, -0.2) is 4.39 Å². The SMILES string of the molecule is COc1ccc(F)cc1CN1CCN(C(=O)[C@H]2C[C@H](OC)CN2)CC1. The lowest BCUT2D eigenvalue weighted by atomic mass is 10.1. The maximum absolute atomic E-state index is 13.5. The van der Waals surface area contributed by atoms with E-state index in [0.717, 1.165) is 31.6 Å². The van der Waals surface area contributed by atoms with E-state index in [-0.39, 0.29) is 23.9 Å². The second-order valence-electron chi connectivity index (χ2n) is 6.61. The zero-order valence-electron chi connectivity index (χ0n) is 14.8. The summed E-state index contributed by atoms with van der Waals surface area (Å²) >= 11 is 0. The Kier molecular flexibility index (Phi) is 5.88. The third-order valence-electron chi connectivity index (χ3n) is 5.04. The fraction of sp³-hybridized carbons (Fsp3) is 0.611. The minimum atomic E-state index is -0.260. The summed E-state index contributed by atoms with van der Waals surface area (Å²) in [5.41, 5.74) is 0.836. The van der Waals surface area contributed by atoms with Crippen molar-refractivity contribution in [1.29, 1.82) is 0 Å². The normalized spacial score (nSPS) is 24.5. The van der Waals surface area contributed by atoms with E-state index in [1.54, 1.807) is 20.3 Å². The van der Waals surface area contributed by atoms with E-state index < -0.39 is 0 Å². The number of hydrogen-bond donors (Lipinski definition) is 1. The number of halogens is 1. The average molecular weight is 351 g/mol. The predicted molar refractivity (Wildman–Crippen MR) is 92.0 cm³/mol. The van der Waals surface area contributed by atoms with Gasteiger partial charge in [-0.1, -0.05) is 0 Å². The predicted octanol–water partition coefficient (Wildman–Crippen LogP) is 0.855. The van der Waals surface area contributed by atoms with Crippen molar-refractivity contribution in [3.8, 4) is 5.75 Å². The van der Waals surface area contributed by atoms with E-state index in [4.69, 9.17) is 9.47 Å². The van der Waals surface area contributed by atoms with Crippen molar-refractivity contribution < 1.29 is 18.7 Å². The summed E-state index contributed by atoms with van der Waals surface area (Å²) in [5.74, 6) is 0.591. The van der Waals surface area contributed by atoms with Crippen molar-refractivity contribution in [2.75, 3.05) is 46.9 Å². The van der Waals surface area contributed by atoms with Gasteiger partial charge in [-0.05, 0) is 24.6 Å². The van der Waals surface area contributed by atoms with E-state index in [2.05, 4.69) is 10.2 Å². The molecule has 0 aliphatic carbocycles. The van der Waals surface area contributed by atoms with Gasteiger partial charge < -0.3 is 19.7 Å². The molecule has 2 fully saturated rings. The lowest BCUT2D eigenvalue weighted by molar-refractivity contribution is -0.135. The molecule has 0 radical (unpaired) electrons. The van der Waals surface area contributed by atoms with Gasteiger partial charge in [-0.15, -0.1) is 0 Å². The first-order valence-corrected chi connectivity index (χ1v) is 8.70. The van der Waals surface area contributed by atoms with E-state index in [9.17, 15) is 9.18 Å². The van der Waals surface area contributed by atoms with Crippen LogP contribution in [0.5, 0.6) is 5.75 Å². The van der Waals surface area contributed by atoms with Gasteiger partial charge in [0.2, 0.25) is 5.91 Å². The molecule has 2 aliphatic heterocycles. The Balaban J connectivity index is 1.52. The van der Waals surface area contributed by atoms with Crippen LogP contribution in [0.15, 0.2) is 18.2 Å². The number of hydrogen-bond acceptors (Lipinski definition) is 5. The number of nitrogens with one attached hydrogen (secondary N) is 1. The number of rotatable bonds is 5. The van der Waals surface area contributed by atoms with Crippen LogP contribution >= 0.6 is 0 Å². The molecule has 0 bridgehead atoms. The van der Waals surface area contributed by atoms with Crippen molar-refractivity contribution in [3.63, 3.8) is 0 Å². The smallest absolute Gasteiger partial charge is 0.239 e. The first-order chi connectivity index (χ1) is 12.1. The minimum Gasteiger partial charge on any atom is -0.496 e. The van der Waals surface area contributed by atoms with Crippen LogP contribution in [-0.2, 0) is 16.1 Å². The molecule has 0 aromatic heterocycles. The number of benzene rings is 1. The van der Waals surface area contributed by atoms with Crippen molar-refractivity contribution in [3.05, 3.63) is 29.6 Å². The molecule has 3 rings (SSSR count). The van der Waals surface area contributed by atoms with Crippen LogP contribution in [0.1, 0.15) is 12.0 Å². The van der Waals surface area contributed by atoms with Gasteiger partial charge in [0.1, 0.15) is 11.6 Å². The largest absolute Gasteiger partial charge is 0.496 e. The minimum absolute atomic E-state index is 0.121. The van der Waals surface area contributed by atoms with Gasteiger partial charge >= 0.3 is 0 Å². The van der Waals surface area contributed by atoms with Crippen molar-refractivity contribution >= 4 is 5.91 Å². The molecule has 0 spiro atoms. The third kappa shape index (κ3) is 4.29. The number of carbonyl (C=O) groups is 1. The highest BCUT2D eigenvalue weighted by molar-refractivity contribution is 5.82. The van der Waals surface area contributed by atoms with Crippen molar-refractivity contribution in [1.82, 2.24) is 15.1 Å². The van der Waals surface area contributed by atoms with E-state index in [1.807, 2.05) is 4.90 Å². The summed E-state index contributed by atoms with van der Waals surface area (Å²) in [5, 5.41) is 3.24. The Morgan fingerprint density at radius 2 is 2.04 bits per heavy atom. The Morgan fingerprint density at radius 1 is 1.28 bits per heavy atom. The molecule has 138 valence electrons. The molecule has 1 aromatic rings. The average Bonchev–Trinajstić information content (AvgIpc) is 3.11. The molecule has 6 nitrogen and oxygen atoms in total. The quantitative estimate of drug-likeness (QED) is 0.853. The Bertz CT molecular complexity index is 605. The van der Waals surface area contributed by atoms with Crippen LogP contribution in [0.25, 0.3) is 0 Å². The second-order valence-corrected chi connectivity index (χ2v) is 6.61. The lowest BCUT2D eigenvalue weighted by Gasteiger charge is -2.36. The standard InChI is InChI=1S/C18H26FN3O3/c1-24-15-10-16(20-11-15)18(23)22-7-5-21(6-8-22)12-13-9-14(19)3-4-17(13)25-2/h3-4,9,15-16,20H,5-8,10-12H2,1-2H3/t15-,16+/m0/s1. The number of nitrogens with zero attached hydrogens (tertiary/aromatic N) is 2. The molecular weight excluding hydrogens is 325 g/mol. The molecule has 1 amide bonds. The molecule has 2 aliphatic rings. The summed E-state index contributed by atoms with van der Waals surface area (Å²) < 4.78 is 24.1. The molecule has 25 heavy (non-hydrogen) atoms. The van der Waals surface area contributed by atoms with Gasteiger partial charge in [0.25, 0.3) is 0 Å². The Morgan fingerprint density at radius 3 is 2.68 bits per heavy atom. The summed E-state index contributed by atoms with van der Waals surface area (Å²) in [6.07, 6.45) is 0.853. The highest BCUT2D eigenvalue weighted by atomic mass is 19.1. The fourth-order valence-electron chi connectivity index (χ4n) is 3.53. The van der Waals surface area contributed by atoms with Crippen molar-refractivity contribution in [2.45, 2.75) is 25.1 Å². The molecule has 1 N–H and O–H groups in total. The highest BCUT2D eigenvalue weighted by Crippen LogP contribution is 2.22. The fourth-order valence-corrected chi connectivity index (χ4v) is 3.53. The highest BCUT2D eigenvalue weighted by Gasteiger charge is 2.33. The van der Waals surface area contributed by atoms with Crippen LogP contribution in [0.3, 0.4) is 0 Å². The van der Waals surface area contributed by atoms with Crippen LogP contribution < -0.4 is 10.1 Å². The van der Waals surface area contributed by atoms with E-state index >= 15 is 0 Å². The van der Waals surface area contributed by atoms with E-state index in [0.29, 0.717) is 25.4 Å². The molecule has 1 aromatic carbocycles. The van der Waals surface area contributed by atoms with Crippen LogP contribution in [-0.4, -0.2) is 74.8 Å². The summed E-state index contributed by atoms with van der Waals surface area (Å²) in [6.45, 7) is 4.26. The molecule has 0 unspecified atom stereocenters. The number of ether oxygens (including phenoxy) is 2. The van der Waals surface area contributed by atoms with Gasteiger partial charge in [0.15, 0.2) is 0 Å². The van der Waals surface area contributed by atoms with Gasteiger partial charge in [0, 0.05) is 51.9 Å². The molecule has 2 heterocycles. The van der Waals surface area contributed by atoms with Gasteiger partial charge in [0.05, 0.1) is 19.3 Å². The number of methoxy groups -OCH3 is 2. The first kappa shape index (κ1) is 18.1. The zero-order valence-corrected chi connectivity index (χ0v) is 14.8. The summed E-state index contributed by atoms with van der Waals surface area (Å²) in [7, 11) is 3.27. The zero-order chi connectivity index (χ0) is 17.8. The van der Waals surface area contributed by atoms with E-state index in [1.165, 1.54) is 12.1 Å². The van der Waals surface area contributed by atoms with Crippen molar-refractivity contribution in [2.24, 2.45) is 0 Å². The molecule has 2 saturated heterocycles. The molecule has 0 saturated carbocycles. The summed E-state index contributed by atoms with van der Waals surface area (Å²) in [6, 6.07) is 4.44. The first-order valence-electron chi connectivity index (χ1n) is 8.70. The lowest BCUT2D eigenvalue weighted by Crippen LogP contribution is -2.52. The second kappa shape index (κ2) is 8.12. The maximum Gasteiger partial charge on any atom is 0.239 e. The molecule has 7 heteroatoms. The molecule has 2 atom stereocenters. The van der Waals surface area contributed by atoms with Crippen LogP contribution in [0.4, 0.5) is 4.39 Å². The van der Waals surface area contributed by atoms with Gasteiger partial charge in [-0.2, -0.15) is 0 Å². The van der Waals surface area contributed by atoms with Gasteiger partial charge in [-0.3, -0.25) is 9.69 Å².